The van der Waals surface area contributed by atoms with E-state index in [-0.39, 0.29) is 13.1 Å². The van der Waals surface area contributed by atoms with Crippen LogP contribution >= 0.6 is 20.2 Å². The Morgan fingerprint density at radius 3 is 0.745 bits per heavy atom. The molecular weight excluding hydrogens is 762 g/mol. The Bertz CT molecular complexity index is 2290. The van der Waals surface area contributed by atoms with Crippen LogP contribution in [0.25, 0.3) is 67.5 Å². The largest absolute Gasteiger partial charge is 0.278 e. The fraction of sp³-hybridized carbons (Fsp3) is 0. The monoisotopic (exact) mass is 794 g/mol. The zero-order valence-electron chi connectivity index (χ0n) is 29.4. The second-order valence-electron chi connectivity index (χ2n) is 12.5. The van der Waals surface area contributed by atoms with E-state index < -0.39 is 0 Å². The first kappa shape index (κ1) is 35.9. The number of halogens is 2. The Kier molecular flexibility index (Phi) is 11.1. The number of nitrogens with zero attached hydrogens (tertiary/aromatic N) is 6. The van der Waals surface area contributed by atoms with E-state index in [1.54, 1.807) is 0 Å². The number of hydrogen-bond donors (Lipinski definition) is 0. The summed E-state index contributed by atoms with van der Waals surface area (Å²) < 4.78 is 6.00. The average Bonchev–Trinajstić information content (AvgIpc) is 4.02. The molecular formula is C46H33Cl2MnN6-. The molecule has 9 rings (SSSR count). The second-order valence-corrected chi connectivity index (χ2v) is 14.5. The fourth-order valence-electron chi connectivity index (χ4n) is 6.56. The van der Waals surface area contributed by atoms with Gasteiger partial charge in [0.2, 0.25) is 0 Å². The number of rotatable bonds is 9. The molecule has 0 amide bonds. The predicted octanol–water partition coefficient (Wildman–Crippen LogP) is 12.0. The first-order valence-electron chi connectivity index (χ1n) is 17.6. The van der Waals surface area contributed by atoms with Crippen molar-refractivity contribution in [1.29, 1.82) is 0 Å². The van der Waals surface area contributed by atoms with Gasteiger partial charge in [0.05, 0.1) is 17.1 Å². The molecule has 0 aliphatic rings. The molecule has 55 heavy (non-hydrogen) atoms. The topological polar surface area (TPSA) is 53.5 Å². The van der Waals surface area contributed by atoms with Crippen LogP contribution in [0.4, 0.5) is 0 Å². The minimum Gasteiger partial charge on any atom is -0.278 e. The summed E-state index contributed by atoms with van der Waals surface area (Å²) in [7, 11) is 9.59. The van der Waals surface area contributed by atoms with Crippen LogP contribution in [0.5, 0.6) is 0 Å². The number of aromatic nitrogens is 6. The fourth-order valence-corrected chi connectivity index (χ4v) is 6.56. The van der Waals surface area contributed by atoms with Gasteiger partial charge in [-0.2, -0.15) is 15.3 Å². The van der Waals surface area contributed by atoms with Crippen molar-refractivity contribution in [2.75, 3.05) is 0 Å². The van der Waals surface area contributed by atoms with Crippen molar-refractivity contribution in [2.24, 2.45) is 0 Å². The van der Waals surface area contributed by atoms with Gasteiger partial charge in [-0.15, -0.1) is 0 Å². The van der Waals surface area contributed by atoms with Gasteiger partial charge in [0, 0.05) is 33.8 Å². The van der Waals surface area contributed by atoms with Gasteiger partial charge >= 0.3 is 33.3 Å². The van der Waals surface area contributed by atoms with Crippen LogP contribution in [0.15, 0.2) is 200 Å². The zero-order valence-corrected chi connectivity index (χ0v) is 32.1. The van der Waals surface area contributed by atoms with E-state index >= 15 is 0 Å². The maximum atomic E-state index is 5.40. The third-order valence-electron chi connectivity index (χ3n) is 9.11. The van der Waals surface area contributed by atoms with E-state index in [9.17, 15) is 0 Å². The van der Waals surface area contributed by atoms with Gasteiger partial charge in [0.15, 0.2) is 6.29 Å². The molecule has 0 aliphatic carbocycles. The Morgan fingerprint density at radius 1 is 0.327 bits per heavy atom. The van der Waals surface area contributed by atoms with Crippen molar-refractivity contribution < 1.29 is 13.1 Å². The summed E-state index contributed by atoms with van der Waals surface area (Å²) in [5.41, 5.74) is 11.3. The average molecular weight is 796 g/mol. The molecule has 0 spiro atoms. The zero-order chi connectivity index (χ0) is 37.4. The molecule has 0 radical (unpaired) electrons. The molecule has 6 aromatic carbocycles. The van der Waals surface area contributed by atoms with Crippen LogP contribution in [0.1, 0.15) is 0 Å². The van der Waals surface area contributed by atoms with Crippen LogP contribution < -0.4 is 0 Å². The van der Waals surface area contributed by atoms with Crippen molar-refractivity contribution in [1.82, 2.24) is 29.3 Å². The van der Waals surface area contributed by atoms with Crippen molar-refractivity contribution in [3.63, 3.8) is 0 Å². The minimum atomic E-state index is 0.00694. The van der Waals surface area contributed by atoms with Crippen LogP contribution in [0.3, 0.4) is 0 Å². The quantitative estimate of drug-likeness (QED) is 0.108. The first-order valence-corrected chi connectivity index (χ1v) is 20.8. The first-order chi connectivity index (χ1) is 27.2. The van der Waals surface area contributed by atoms with Gasteiger partial charge in [0.25, 0.3) is 0 Å². The summed E-state index contributed by atoms with van der Waals surface area (Å²) in [5.74, 6) is 0. The van der Waals surface area contributed by atoms with Gasteiger partial charge in [-0.05, 0) is 34.9 Å². The van der Waals surface area contributed by atoms with Gasteiger partial charge < -0.3 is 0 Å². The molecule has 9 aromatic rings. The van der Waals surface area contributed by atoms with E-state index in [1.165, 1.54) is 0 Å². The minimum absolute atomic E-state index is 0.00694. The molecule has 0 N–H and O–H groups in total. The Labute approximate surface area is 334 Å². The summed E-state index contributed by atoms with van der Waals surface area (Å²) in [6.45, 7) is 0. The third kappa shape index (κ3) is 7.79. The normalized spacial score (nSPS) is 10.8. The van der Waals surface area contributed by atoms with E-state index in [4.69, 9.17) is 35.5 Å². The summed E-state index contributed by atoms with van der Waals surface area (Å²) in [5, 5.41) is 16.2. The molecule has 3 aromatic heterocycles. The van der Waals surface area contributed by atoms with Gasteiger partial charge in [-0.3, -0.25) is 14.0 Å². The molecule has 6 nitrogen and oxygen atoms in total. The van der Waals surface area contributed by atoms with E-state index in [0.717, 1.165) is 67.5 Å². The van der Waals surface area contributed by atoms with Crippen LogP contribution in [0.2, 0.25) is 0 Å². The van der Waals surface area contributed by atoms with Gasteiger partial charge in [-0.1, -0.05) is 182 Å². The summed E-state index contributed by atoms with van der Waals surface area (Å²) in [6, 6.07) is 68.5. The maximum Gasteiger partial charge on any atom is 0.162 e. The van der Waals surface area contributed by atoms with Crippen molar-refractivity contribution in [3.8, 4) is 67.5 Å². The Hall–Kier alpha value is -6.08. The molecule has 0 saturated heterocycles. The molecule has 0 fully saturated rings. The Morgan fingerprint density at radius 2 is 0.527 bits per heavy atom. The van der Waals surface area contributed by atoms with Crippen molar-refractivity contribution in [2.45, 2.75) is 0 Å². The summed E-state index contributed by atoms with van der Waals surface area (Å²) in [4.78, 5) is 0. The smallest absolute Gasteiger partial charge is 0.162 e. The molecule has 0 aliphatic heterocycles. The van der Waals surface area contributed by atoms with Crippen LogP contribution in [0, 0.1) is 6.29 Å². The summed E-state index contributed by atoms with van der Waals surface area (Å²) >= 11 is 0.00694. The van der Waals surface area contributed by atoms with E-state index in [1.807, 2.05) is 86.8 Å². The molecule has 0 unspecified atom stereocenters. The predicted molar refractivity (Wildman–Crippen MR) is 220 cm³/mol. The van der Waals surface area contributed by atoms with Crippen LogP contribution in [-0.2, 0) is 13.1 Å². The number of benzene rings is 6. The summed E-state index contributed by atoms with van der Waals surface area (Å²) in [6.07, 6.45) is 0.642. The molecule has 0 atom stereocenters. The maximum absolute atomic E-state index is 5.40. The van der Waals surface area contributed by atoms with E-state index in [0.29, 0.717) is 6.29 Å². The molecule has 3 heterocycles. The van der Waals surface area contributed by atoms with E-state index in [2.05, 4.69) is 127 Å². The molecule has 269 valence electrons. The van der Waals surface area contributed by atoms with Crippen LogP contribution in [-0.4, -0.2) is 29.3 Å². The van der Waals surface area contributed by atoms with Gasteiger partial charge in [-0.25, -0.2) is 0 Å². The number of hydrogen-bond acceptors (Lipinski definition) is 3. The van der Waals surface area contributed by atoms with Gasteiger partial charge in [0.1, 0.15) is 0 Å². The third-order valence-corrected chi connectivity index (χ3v) is 9.11. The SMILES string of the molecule is [Cl][Mn][Cl].c1ccc(-c2cc(-c3ccccc3)n([C-](n3nc(-c4ccccc4)cc3-c3ccccc3)n3nc(-c4ccccc4)cc3-c3ccccc3)n2)cc1. The molecule has 9 heteroatoms. The second kappa shape index (κ2) is 16.9. The molecule has 0 saturated carbocycles. The van der Waals surface area contributed by atoms with Crippen molar-refractivity contribution >= 4 is 20.2 Å². The van der Waals surface area contributed by atoms with Crippen molar-refractivity contribution in [3.05, 3.63) is 206 Å². The molecule has 0 bridgehead atoms. The standard InChI is InChI=1S/C46H33N6.2ClH.Mn/c1-7-19-34(20-8-1)40-31-43(37-25-13-4-14-26-37)50(47-40)46(51-44(38-27-15-5-16-28-38)32-41(48-51)35-21-9-2-10-22-35)52-45(39-29-17-6-18-30-39)33-42(49-52)36-23-11-3-12-24-36;;;/h1-33H;2*1H;/q-1;;;+2/p-2. The Balaban J connectivity index is 0.00000138.